The number of hydrogen-bond donors (Lipinski definition) is 1. The molecule has 0 amide bonds. The summed E-state index contributed by atoms with van der Waals surface area (Å²) in [6.45, 7) is 4.16. The van der Waals surface area contributed by atoms with Crippen LogP contribution in [0.2, 0.25) is 5.02 Å². The molecule has 2 rings (SSSR count). The van der Waals surface area contributed by atoms with E-state index in [4.69, 9.17) is 11.6 Å². The van der Waals surface area contributed by atoms with Crippen LogP contribution in [0, 0.1) is 6.92 Å². The van der Waals surface area contributed by atoms with E-state index in [1.54, 1.807) is 12.1 Å². The highest BCUT2D eigenvalue weighted by molar-refractivity contribution is 6.35. The Bertz CT molecular complexity index is 623. The second-order valence-electron chi connectivity index (χ2n) is 4.23. The van der Waals surface area contributed by atoms with Gasteiger partial charge in [0, 0.05) is 17.6 Å². The molecule has 1 N–H and O–H groups in total. The van der Waals surface area contributed by atoms with Gasteiger partial charge in [0.1, 0.15) is 5.69 Å². The maximum Gasteiger partial charge on any atom is 0.433 e. The fraction of sp³-hybridized carbons (Fsp3) is 0.308. The summed E-state index contributed by atoms with van der Waals surface area (Å²) in [7, 11) is 0. The molecule has 0 saturated heterocycles. The largest absolute Gasteiger partial charge is 0.433 e. The van der Waals surface area contributed by atoms with Crippen molar-refractivity contribution in [3.05, 3.63) is 34.5 Å². The monoisotopic (exact) mass is 288 g/mol. The molecule has 0 saturated carbocycles. The zero-order chi connectivity index (χ0) is 14.2. The van der Waals surface area contributed by atoms with Gasteiger partial charge in [0.15, 0.2) is 0 Å². The highest BCUT2D eigenvalue weighted by Gasteiger charge is 2.33. The van der Waals surface area contributed by atoms with Gasteiger partial charge < -0.3 is 5.32 Å². The number of aryl methyl sites for hydroxylation is 1. The second kappa shape index (κ2) is 4.89. The fourth-order valence-electron chi connectivity index (χ4n) is 1.90. The van der Waals surface area contributed by atoms with Crippen molar-refractivity contribution in [1.29, 1.82) is 0 Å². The lowest BCUT2D eigenvalue weighted by Crippen LogP contribution is -2.10. The number of pyridine rings is 1. The second-order valence-corrected chi connectivity index (χ2v) is 4.63. The molecular formula is C13H12ClF3N2. The Morgan fingerprint density at radius 3 is 2.53 bits per heavy atom. The van der Waals surface area contributed by atoms with E-state index in [0.717, 1.165) is 11.6 Å². The minimum Gasteiger partial charge on any atom is -0.385 e. The number of benzene rings is 1. The van der Waals surface area contributed by atoms with E-state index in [-0.39, 0.29) is 10.5 Å². The van der Waals surface area contributed by atoms with Crippen molar-refractivity contribution in [2.75, 3.05) is 11.9 Å². The number of aromatic nitrogens is 1. The number of rotatable bonds is 2. The van der Waals surface area contributed by atoms with Crippen molar-refractivity contribution in [3.63, 3.8) is 0 Å². The van der Waals surface area contributed by atoms with Crippen molar-refractivity contribution in [1.82, 2.24) is 4.98 Å². The first-order chi connectivity index (χ1) is 8.82. The van der Waals surface area contributed by atoms with Crippen LogP contribution < -0.4 is 5.32 Å². The Labute approximate surface area is 113 Å². The van der Waals surface area contributed by atoms with E-state index in [2.05, 4.69) is 10.3 Å². The van der Waals surface area contributed by atoms with Crippen molar-refractivity contribution >= 4 is 28.2 Å². The number of nitrogens with one attached hydrogen (secondary N) is 1. The molecule has 2 nitrogen and oxygen atoms in total. The van der Waals surface area contributed by atoms with Gasteiger partial charge in [-0.15, -0.1) is 0 Å². The van der Waals surface area contributed by atoms with Gasteiger partial charge in [0.25, 0.3) is 0 Å². The van der Waals surface area contributed by atoms with E-state index < -0.39 is 11.9 Å². The Hall–Kier alpha value is -1.49. The normalized spacial score (nSPS) is 11.9. The maximum atomic E-state index is 12.8. The quantitative estimate of drug-likeness (QED) is 0.870. The molecule has 1 heterocycles. The van der Waals surface area contributed by atoms with Gasteiger partial charge >= 0.3 is 6.18 Å². The number of halogens is 4. The molecule has 0 aliphatic carbocycles. The van der Waals surface area contributed by atoms with Crippen LogP contribution in [0.3, 0.4) is 0 Å². The molecule has 6 heteroatoms. The van der Waals surface area contributed by atoms with Crippen LogP contribution in [-0.2, 0) is 6.18 Å². The summed E-state index contributed by atoms with van der Waals surface area (Å²) in [5, 5.41) is 3.74. The Morgan fingerprint density at radius 1 is 1.26 bits per heavy atom. The van der Waals surface area contributed by atoms with E-state index in [0.29, 0.717) is 17.6 Å². The Kier molecular flexibility index (Phi) is 3.58. The standard InChI is InChI=1S/C13H12ClF3N2/c1-3-18-10-6-11(13(15,16)17)19-12-8(10)4-7(2)5-9(12)14/h4-6H,3H2,1-2H3,(H,18,19). The third kappa shape index (κ3) is 2.76. The van der Waals surface area contributed by atoms with Crippen molar-refractivity contribution in [3.8, 4) is 0 Å². The SMILES string of the molecule is CCNc1cc(C(F)(F)F)nc2c(Cl)cc(C)cc12. The van der Waals surface area contributed by atoms with Crippen LogP contribution in [0.4, 0.5) is 18.9 Å². The van der Waals surface area contributed by atoms with Crippen LogP contribution in [0.25, 0.3) is 10.9 Å². The van der Waals surface area contributed by atoms with Gasteiger partial charge in [-0.1, -0.05) is 11.6 Å². The minimum atomic E-state index is -4.49. The van der Waals surface area contributed by atoms with Crippen LogP contribution in [-0.4, -0.2) is 11.5 Å². The molecule has 0 aliphatic rings. The lowest BCUT2D eigenvalue weighted by Gasteiger charge is -2.13. The van der Waals surface area contributed by atoms with E-state index in [1.807, 2.05) is 13.8 Å². The molecule has 2 aromatic rings. The average molecular weight is 289 g/mol. The summed E-state index contributed by atoms with van der Waals surface area (Å²) in [5.41, 5.74) is 0.489. The summed E-state index contributed by atoms with van der Waals surface area (Å²) in [6.07, 6.45) is -4.49. The lowest BCUT2D eigenvalue weighted by molar-refractivity contribution is -0.140. The molecule has 0 spiro atoms. The summed E-state index contributed by atoms with van der Waals surface area (Å²) >= 11 is 6.00. The molecule has 1 aromatic heterocycles. The summed E-state index contributed by atoms with van der Waals surface area (Å²) in [4.78, 5) is 3.63. The van der Waals surface area contributed by atoms with Gasteiger partial charge in [0.2, 0.25) is 0 Å². The topological polar surface area (TPSA) is 24.9 Å². The molecule has 102 valence electrons. The highest BCUT2D eigenvalue weighted by Crippen LogP contribution is 2.35. The van der Waals surface area contributed by atoms with Gasteiger partial charge in [-0.05, 0) is 37.6 Å². The molecule has 0 atom stereocenters. The molecule has 0 fully saturated rings. The number of nitrogens with zero attached hydrogens (tertiary/aromatic N) is 1. The molecule has 0 radical (unpaired) electrons. The van der Waals surface area contributed by atoms with E-state index in [9.17, 15) is 13.2 Å². The van der Waals surface area contributed by atoms with Gasteiger partial charge in [-0.3, -0.25) is 0 Å². The molecule has 0 aliphatic heterocycles. The van der Waals surface area contributed by atoms with Crippen LogP contribution in [0.15, 0.2) is 18.2 Å². The number of hydrogen-bond acceptors (Lipinski definition) is 2. The third-order valence-electron chi connectivity index (χ3n) is 2.67. The first-order valence-corrected chi connectivity index (χ1v) is 6.12. The predicted octanol–water partition coefficient (Wildman–Crippen LogP) is 4.65. The first kappa shape index (κ1) is 13.9. The zero-order valence-corrected chi connectivity index (χ0v) is 11.2. The summed E-state index contributed by atoms with van der Waals surface area (Å²) in [6, 6.07) is 4.39. The van der Waals surface area contributed by atoms with Crippen molar-refractivity contribution in [2.24, 2.45) is 0 Å². The molecule has 0 unspecified atom stereocenters. The fourth-order valence-corrected chi connectivity index (χ4v) is 2.22. The van der Waals surface area contributed by atoms with Crippen LogP contribution >= 0.6 is 11.6 Å². The highest BCUT2D eigenvalue weighted by atomic mass is 35.5. The zero-order valence-electron chi connectivity index (χ0n) is 10.4. The Morgan fingerprint density at radius 2 is 1.95 bits per heavy atom. The maximum absolute atomic E-state index is 12.8. The number of anilines is 1. The third-order valence-corrected chi connectivity index (χ3v) is 2.96. The average Bonchev–Trinajstić information content (AvgIpc) is 2.28. The predicted molar refractivity (Wildman–Crippen MR) is 70.7 cm³/mol. The molecule has 1 aromatic carbocycles. The summed E-state index contributed by atoms with van der Waals surface area (Å²) in [5.74, 6) is 0. The van der Waals surface area contributed by atoms with E-state index >= 15 is 0 Å². The van der Waals surface area contributed by atoms with Crippen molar-refractivity contribution < 1.29 is 13.2 Å². The van der Waals surface area contributed by atoms with Gasteiger partial charge in [-0.25, -0.2) is 4.98 Å². The van der Waals surface area contributed by atoms with E-state index in [1.165, 1.54) is 0 Å². The number of alkyl halides is 3. The van der Waals surface area contributed by atoms with Crippen LogP contribution in [0.5, 0.6) is 0 Å². The van der Waals surface area contributed by atoms with Gasteiger partial charge in [0.05, 0.1) is 10.5 Å². The smallest absolute Gasteiger partial charge is 0.385 e. The minimum absolute atomic E-state index is 0.165. The Balaban J connectivity index is 2.79. The summed E-state index contributed by atoms with van der Waals surface area (Å²) < 4.78 is 38.4. The van der Waals surface area contributed by atoms with Gasteiger partial charge in [-0.2, -0.15) is 13.2 Å². The molecule has 0 bridgehead atoms. The lowest BCUT2D eigenvalue weighted by atomic mass is 10.1. The first-order valence-electron chi connectivity index (χ1n) is 5.75. The van der Waals surface area contributed by atoms with Crippen molar-refractivity contribution in [2.45, 2.75) is 20.0 Å². The molecular weight excluding hydrogens is 277 g/mol. The molecule has 19 heavy (non-hydrogen) atoms. The number of fused-ring (bicyclic) bond motifs is 1. The van der Waals surface area contributed by atoms with Crippen LogP contribution in [0.1, 0.15) is 18.2 Å².